The summed E-state index contributed by atoms with van der Waals surface area (Å²) >= 11 is 0. The number of benzene rings is 1. The SMILES string of the molecule is CCCC(C#N)Oc1cccc2c(C)c(C)oc12. The lowest BCUT2D eigenvalue weighted by atomic mass is 10.1. The Kier molecular flexibility index (Phi) is 3.57. The third-order valence-corrected chi connectivity index (χ3v) is 3.13. The van der Waals surface area contributed by atoms with Crippen LogP contribution >= 0.6 is 0 Å². The molecule has 2 aromatic rings. The second-order valence-electron chi connectivity index (χ2n) is 4.44. The van der Waals surface area contributed by atoms with E-state index in [4.69, 9.17) is 14.4 Å². The molecule has 0 radical (unpaired) electrons. The zero-order chi connectivity index (χ0) is 13.1. The van der Waals surface area contributed by atoms with Crippen LogP contribution in [0.4, 0.5) is 0 Å². The number of aryl methyl sites for hydroxylation is 2. The lowest BCUT2D eigenvalue weighted by Crippen LogP contribution is -2.13. The summed E-state index contributed by atoms with van der Waals surface area (Å²) in [4.78, 5) is 0. The number of hydrogen-bond donors (Lipinski definition) is 0. The highest BCUT2D eigenvalue weighted by molar-refractivity contribution is 5.87. The number of para-hydroxylation sites is 1. The molecule has 1 aromatic carbocycles. The van der Waals surface area contributed by atoms with E-state index < -0.39 is 6.10 Å². The van der Waals surface area contributed by atoms with Crippen molar-refractivity contribution in [3.8, 4) is 11.8 Å². The van der Waals surface area contributed by atoms with Crippen molar-refractivity contribution < 1.29 is 9.15 Å². The third kappa shape index (κ3) is 2.19. The molecular formula is C15H17NO2. The molecular weight excluding hydrogens is 226 g/mol. The van der Waals surface area contributed by atoms with Gasteiger partial charge in [0.2, 0.25) is 0 Å². The largest absolute Gasteiger partial charge is 0.472 e. The molecule has 1 atom stereocenters. The quantitative estimate of drug-likeness (QED) is 0.811. The van der Waals surface area contributed by atoms with Crippen LogP contribution in [0.25, 0.3) is 11.0 Å². The molecule has 0 aliphatic carbocycles. The van der Waals surface area contributed by atoms with Gasteiger partial charge in [0.25, 0.3) is 0 Å². The van der Waals surface area contributed by atoms with Crippen molar-refractivity contribution in [3.63, 3.8) is 0 Å². The van der Waals surface area contributed by atoms with Gasteiger partial charge in [-0.2, -0.15) is 5.26 Å². The Labute approximate surface area is 107 Å². The highest BCUT2D eigenvalue weighted by Gasteiger charge is 2.15. The first-order valence-electron chi connectivity index (χ1n) is 6.22. The van der Waals surface area contributed by atoms with Crippen LogP contribution in [0.2, 0.25) is 0 Å². The Morgan fingerprint density at radius 2 is 2.17 bits per heavy atom. The molecule has 1 aromatic heterocycles. The van der Waals surface area contributed by atoms with E-state index in [9.17, 15) is 0 Å². The highest BCUT2D eigenvalue weighted by atomic mass is 16.5. The van der Waals surface area contributed by atoms with E-state index in [1.807, 2.05) is 39.0 Å². The minimum atomic E-state index is -0.411. The number of furan rings is 1. The van der Waals surface area contributed by atoms with E-state index in [0.29, 0.717) is 5.75 Å². The summed E-state index contributed by atoms with van der Waals surface area (Å²) in [5.74, 6) is 1.55. The van der Waals surface area contributed by atoms with E-state index in [1.165, 1.54) is 0 Å². The van der Waals surface area contributed by atoms with Gasteiger partial charge in [0.05, 0.1) is 0 Å². The van der Waals surface area contributed by atoms with E-state index in [1.54, 1.807) is 0 Å². The monoisotopic (exact) mass is 243 g/mol. The molecule has 0 aliphatic heterocycles. The van der Waals surface area contributed by atoms with Gasteiger partial charge in [-0.25, -0.2) is 0 Å². The Balaban J connectivity index is 2.40. The van der Waals surface area contributed by atoms with Crippen LogP contribution in [0.5, 0.6) is 5.75 Å². The fourth-order valence-corrected chi connectivity index (χ4v) is 1.99. The van der Waals surface area contributed by atoms with Gasteiger partial charge in [-0.05, 0) is 31.9 Å². The van der Waals surface area contributed by atoms with Crippen LogP contribution in [0.15, 0.2) is 22.6 Å². The molecule has 0 aliphatic rings. The number of fused-ring (bicyclic) bond motifs is 1. The van der Waals surface area contributed by atoms with Gasteiger partial charge in [0.1, 0.15) is 11.8 Å². The summed E-state index contributed by atoms with van der Waals surface area (Å²) in [6, 6.07) is 7.97. The van der Waals surface area contributed by atoms with Crippen LogP contribution in [0, 0.1) is 25.2 Å². The molecule has 1 unspecified atom stereocenters. The fourth-order valence-electron chi connectivity index (χ4n) is 1.99. The van der Waals surface area contributed by atoms with Crippen LogP contribution < -0.4 is 4.74 Å². The van der Waals surface area contributed by atoms with E-state index in [2.05, 4.69) is 6.07 Å². The fraction of sp³-hybridized carbons (Fsp3) is 0.400. The summed E-state index contributed by atoms with van der Waals surface area (Å²) < 4.78 is 11.4. The second-order valence-corrected chi connectivity index (χ2v) is 4.44. The molecule has 94 valence electrons. The van der Waals surface area contributed by atoms with Crippen molar-refractivity contribution in [1.29, 1.82) is 5.26 Å². The molecule has 0 bridgehead atoms. The average Bonchev–Trinajstić information content (AvgIpc) is 2.66. The van der Waals surface area contributed by atoms with Crippen molar-refractivity contribution in [2.45, 2.75) is 39.7 Å². The van der Waals surface area contributed by atoms with Crippen LogP contribution in [-0.4, -0.2) is 6.10 Å². The van der Waals surface area contributed by atoms with Crippen LogP contribution in [0.1, 0.15) is 31.1 Å². The van der Waals surface area contributed by atoms with Crippen molar-refractivity contribution in [2.24, 2.45) is 0 Å². The van der Waals surface area contributed by atoms with Gasteiger partial charge in [-0.3, -0.25) is 0 Å². The number of nitriles is 1. The summed E-state index contributed by atoms with van der Waals surface area (Å²) in [6.07, 6.45) is 1.24. The molecule has 2 rings (SSSR count). The first-order chi connectivity index (χ1) is 8.67. The lowest BCUT2D eigenvalue weighted by Gasteiger charge is -2.11. The van der Waals surface area contributed by atoms with Crippen molar-refractivity contribution >= 4 is 11.0 Å². The predicted octanol–water partition coefficient (Wildman–Crippen LogP) is 4.12. The van der Waals surface area contributed by atoms with Gasteiger partial charge < -0.3 is 9.15 Å². The molecule has 0 spiro atoms. The zero-order valence-electron chi connectivity index (χ0n) is 11.0. The number of nitrogens with zero attached hydrogens (tertiary/aromatic N) is 1. The van der Waals surface area contributed by atoms with Crippen molar-refractivity contribution in [1.82, 2.24) is 0 Å². The summed E-state index contributed by atoms with van der Waals surface area (Å²) in [6.45, 7) is 6.00. The number of hydrogen-bond acceptors (Lipinski definition) is 3. The molecule has 0 amide bonds. The maximum Gasteiger partial charge on any atom is 0.184 e. The van der Waals surface area contributed by atoms with Gasteiger partial charge in [-0.1, -0.05) is 25.5 Å². The molecule has 18 heavy (non-hydrogen) atoms. The van der Waals surface area contributed by atoms with E-state index in [0.717, 1.165) is 35.1 Å². The highest BCUT2D eigenvalue weighted by Crippen LogP contribution is 2.32. The maximum absolute atomic E-state index is 9.04. The molecule has 1 heterocycles. The Morgan fingerprint density at radius 3 is 2.83 bits per heavy atom. The standard InChI is InChI=1S/C15H17NO2/c1-4-6-12(9-16)18-14-8-5-7-13-10(2)11(3)17-15(13)14/h5,7-8,12H,4,6H2,1-3H3. The topological polar surface area (TPSA) is 46.2 Å². The normalized spacial score (nSPS) is 12.3. The Bertz CT molecular complexity index is 592. The van der Waals surface area contributed by atoms with Crippen molar-refractivity contribution in [2.75, 3.05) is 0 Å². The number of ether oxygens (including phenoxy) is 1. The molecule has 0 N–H and O–H groups in total. The molecule has 3 heteroatoms. The van der Waals surface area contributed by atoms with Crippen LogP contribution in [0.3, 0.4) is 0 Å². The summed E-state index contributed by atoms with van der Waals surface area (Å²) in [5.41, 5.74) is 1.86. The molecule has 0 saturated carbocycles. The lowest BCUT2D eigenvalue weighted by molar-refractivity contribution is 0.244. The summed E-state index contributed by atoms with van der Waals surface area (Å²) in [7, 11) is 0. The van der Waals surface area contributed by atoms with E-state index >= 15 is 0 Å². The zero-order valence-corrected chi connectivity index (χ0v) is 11.0. The second kappa shape index (κ2) is 5.14. The molecule has 0 fully saturated rings. The molecule has 0 saturated heterocycles. The number of rotatable bonds is 4. The third-order valence-electron chi connectivity index (χ3n) is 3.13. The van der Waals surface area contributed by atoms with E-state index in [-0.39, 0.29) is 0 Å². The molecule has 3 nitrogen and oxygen atoms in total. The maximum atomic E-state index is 9.04. The van der Waals surface area contributed by atoms with Crippen LogP contribution in [-0.2, 0) is 0 Å². The van der Waals surface area contributed by atoms with Crippen molar-refractivity contribution in [3.05, 3.63) is 29.5 Å². The smallest absolute Gasteiger partial charge is 0.184 e. The Morgan fingerprint density at radius 1 is 1.39 bits per heavy atom. The van der Waals surface area contributed by atoms with Gasteiger partial charge in [0.15, 0.2) is 17.4 Å². The first-order valence-corrected chi connectivity index (χ1v) is 6.22. The van der Waals surface area contributed by atoms with Gasteiger partial charge >= 0.3 is 0 Å². The Hall–Kier alpha value is -1.95. The van der Waals surface area contributed by atoms with Gasteiger partial charge in [0, 0.05) is 5.39 Å². The minimum absolute atomic E-state index is 0.411. The predicted molar refractivity (Wildman–Crippen MR) is 70.6 cm³/mol. The average molecular weight is 243 g/mol. The summed E-state index contributed by atoms with van der Waals surface area (Å²) in [5, 5.41) is 10.1. The first kappa shape index (κ1) is 12.5. The minimum Gasteiger partial charge on any atom is -0.472 e. The van der Waals surface area contributed by atoms with Gasteiger partial charge in [-0.15, -0.1) is 0 Å².